The van der Waals surface area contributed by atoms with Crippen molar-refractivity contribution in [2.24, 2.45) is 10.6 Å². The van der Waals surface area contributed by atoms with Crippen LogP contribution < -0.4 is 5.14 Å². The molecular formula is C22H26F5N5O2S. The van der Waals surface area contributed by atoms with Crippen molar-refractivity contribution in [3.8, 4) is 11.3 Å². The Morgan fingerprint density at radius 2 is 1.74 bits per heavy atom. The molecule has 0 aliphatic rings. The van der Waals surface area contributed by atoms with Gasteiger partial charge in [-0.3, -0.25) is 9.88 Å². The molecule has 0 spiro atoms. The van der Waals surface area contributed by atoms with Gasteiger partial charge in [-0.15, -0.1) is 0 Å². The number of sulfonamides is 1. The molecule has 1 atom stereocenters. The molecule has 0 fully saturated rings. The fourth-order valence-electron chi connectivity index (χ4n) is 4.03. The van der Waals surface area contributed by atoms with Gasteiger partial charge in [-0.2, -0.15) is 13.2 Å². The van der Waals surface area contributed by atoms with Crippen LogP contribution >= 0.6 is 0 Å². The van der Waals surface area contributed by atoms with E-state index >= 15 is 0 Å². The summed E-state index contributed by atoms with van der Waals surface area (Å²) < 4.78 is 93.7. The third-order valence-electron chi connectivity index (χ3n) is 5.21. The van der Waals surface area contributed by atoms with E-state index in [2.05, 4.69) is 9.97 Å². The third kappa shape index (κ3) is 6.33. The van der Waals surface area contributed by atoms with E-state index in [9.17, 15) is 30.4 Å². The first-order valence-corrected chi connectivity index (χ1v) is 12.2. The predicted molar refractivity (Wildman–Crippen MR) is 122 cm³/mol. The van der Waals surface area contributed by atoms with Crippen LogP contribution in [-0.4, -0.2) is 47.2 Å². The van der Waals surface area contributed by atoms with Gasteiger partial charge in [-0.25, -0.2) is 27.3 Å². The average Bonchev–Trinajstić information content (AvgIpc) is 3.01. The zero-order valence-electron chi connectivity index (χ0n) is 19.5. The van der Waals surface area contributed by atoms with Crippen molar-refractivity contribution < 1.29 is 30.4 Å². The molecule has 1 aromatic carbocycles. The fraction of sp³-hybridized carbons (Fsp3) is 0.455. The number of nitrogens with two attached hydrogens (primary N) is 1. The number of hydrogen-bond donors (Lipinski definition) is 1. The van der Waals surface area contributed by atoms with Gasteiger partial charge >= 0.3 is 6.18 Å². The van der Waals surface area contributed by atoms with Crippen LogP contribution in [0.1, 0.15) is 38.1 Å². The monoisotopic (exact) mass is 519 g/mol. The van der Waals surface area contributed by atoms with Crippen molar-refractivity contribution >= 4 is 20.9 Å². The van der Waals surface area contributed by atoms with E-state index in [4.69, 9.17) is 5.14 Å². The Hall–Kier alpha value is -2.64. The number of primary sulfonamides is 1. The molecule has 2 heterocycles. The van der Waals surface area contributed by atoms with Crippen molar-refractivity contribution in [2.45, 2.75) is 46.0 Å². The van der Waals surface area contributed by atoms with Gasteiger partial charge in [-0.1, -0.05) is 32.9 Å². The van der Waals surface area contributed by atoms with E-state index in [0.29, 0.717) is 17.4 Å². The van der Waals surface area contributed by atoms with Gasteiger partial charge in [0.25, 0.3) is 6.43 Å². The maximum Gasteiger partial charge on any atom is 0.435 e. The van der Waals surface area contributed by atoms with Crippen molar-refractivity contribution in [3.63, 3.8) is 0 Å². The Balaban J connectivity index is 2.25. The minimum atomic E-state index is -4.74. The summed E-state index contributed by atoms with van der Waals surface area (Å²) in [5.41, 5.74) is -1.21. The Bertz CT molecular complexity index is 1320. The first-order valence-electron chi connectivity index (χ1n) is 10.5. The van der Waals surface area contributed by atoms with Crippen LogP contribution in [0.3, 0.4) is 0 Å². The molecule has 0 aliphatic carbocycles. The second-order valence-corrected chi connectivity index (χ2v) is 11.2. The van der Waals surface area contributed by atoms with Crippen LogP contribution in [0.5, 0.6) is 0 Å². The lowest BCUT2D eigenvalue weighted by molar-refractivity contribution is -0.140. The average molecular weight is 520 g/mol. The minimum Gasteiger partial charge on any atom is -0.347 e. The van der Waals surface area contributed by atoms with Gasteiger partial charge in [0.1, 0.15) is 11.6 Å². The zero-order valence-corrected chi connectivity index (χ0v) is 20.3. The Morgan fingerprint density at radius 3 is 2.29 bits per heavy atom. The fourth-order valence-corrected chi connectivity index (χ4v) is 4.76. The molecule has 0 radical (unpaired) electrons. The highest BCUT2D eigenvalue weighted by Crippen LogP contribution is 2.39. The highest BCUT2D eigenvalue weighted by Gasteiger charge is 2.37. The topological polar surface area (TPSA) is 94.1 Å². The van der Waals surface area contributed by atoms with Gasteiger partial charge in [0.15, 0.2) is 5.69 Å². The smallest absolute Gasteiger partial charge is 0.347 e. The lowest BCUT2D eigenvalue weighted by Gasteiger charge is -2.26. The molecule has 0 saturated carbocycles. The number of nitrogens with zero attached hydrogens (tertiary/aromatic N) is 4. The molecule has 35 heavy (non-hydrogen) atoms. The Kier molecular flexibility index (Phi) is 7.26. The van der Waals surface area contributed by atoms with Gasteiger partial charge < -0.3 is 4.57 Å². The molecule has 2 aromatic heterocycles. The summed E-state index contributed by atoms with van der Waals surface area (Å²) >= 11 is 0. The third-order valence-corrected chi connectivity index (χ3v) is 5.98. The number of hydrogen-bond acceptors (Lipinski definition) is 5. The van der Waals surface area contributed by atoms with Gasteiger partial charge in [0, 0.05) is 47.2 Å². The second-order valence-electron chi connectivity index (χ2n) is 9.58. The number of fused-ring (bicyclic) bond motifs is 1. The summed E-state index contributed by atoms with van der Waals surface area (Å²) in [6.07, 6.45) is -4.14. The lowest BCUT2D eigenvalue weighted by Crippen LogP contribution is -2.36. The molecule has 0 amide bonds. The summed E-state index contributed by atoms with van der Waals surface area (Å²) in [5.74, 6) is -0.805. The molecule has 192 valence electrons. The number of alkyl halides is 5. The molecule has 1 unspecified atom stereocenters. The normalized spacial score (nSPS) is 14.3. The maximum atomic E-state index is 14.2. The summed E-state index contributed by atoms with van der Waals surface area (Å²) in [6, 6.07) is 2.62. The summed E-state index contributed by atoms with van der Waals surface area (Å²) in [6.45, 7) is 6.12. The minimum absolute atomic E-state index is 0.115. The van der Waals surface area contributed by atoms with Crippen LogP contribution in [0.15, 0.2) is 36.8 Å². The van der Waals surface area contributed by atoms with Crippen molar-refractivity contribution in [2.75, 3.05) is 12.9 Å². The molecule has 0 saturated heterocycles. The highest BCUT2D eigenvalue weighted by atomic mass is 32.2. The lowest BCUT2D eigenvalue weighted by atomic mass is 9.97. The summed E-state index contributed by atoms with van der Waals surface area (Å²) in [7, 11) is -2.86. The molecule has 7 nitrogen and oxygen atoms in total. The van der Waals surface area contributed by atoms with Crippen LogP contribution in [0.4, 0.5) is 22.0 Å². The van der Waals surface area contributed by atoms with Crippen LogP contribution in [-0.2, 0) is 22.7 Å². The van der Waals surface area contributed by atoms with Crippen LogP contribution in [0.2, 0.25) is 0 Å². The number of halogens is 5. The summed E-state index contributed by atoms with van der Waals surface area (Å²) in [4.78, 5) is 8.24. The molecule has 13 heteroatoms. The first kappa shape index (κ1) is 27.0. The number of benzene rings is 1. The molecule has 0 aliphatic heterocycles. The molecule has 0 bridgehead atoms. The number of aromatic nitrogens is 3. The van der Waals surface area contributed by atoms with Crippen LogP contribution in [0.25, 0.3) is 22.2 Å². The molecule has 3 rings (SSSR count). The van der Waals surface area contributed by atoms with Crippen molar-refractivity contribution in [1.29, 1.82) is 0 Å². The molecule has 3 aromatic rings. The first-order chi connectivity index (χ1) is 16.0. The number of rotatable bonds is 7. The van der Waals surface area contributed by atoms with Crippen molar-refractivity contribution in [3.05, 3.63) is 48.0 Å². The Labute approximate surface area is 199 Å². The van der Waals surface area contributed by atoms with E-state index in [1.165, 1.54) is 31.4 Å². The van der Waals surface area contributed by atoms with E-state index in [1.807, 2.05) is 20.8 Å². The van der Waals surface area contributed by atoms with Crippen LogP contribution in [0, 0.1) is 5.41 Å². The predicted octanol–water partition coefficient (Wildman–Crippen LogP) is 4.65. The maximum absolute atomic E-state index is 14.2. The largest absolute Gasteiger partial charge is 0.435 e. The SMILES string of the molecule is CN(CS(N)(=O)=O)C(c1cn(CC(C)(C)C)c2cc(-c3nccnc3C(F)(F)F)ccc12)C(F)F. The second kappa shape index (κ2) is 9.43. The van der Waals surface area contributed by atoms with Gasteiger partial charge in [-0.05, 0) is 18.5 Å². The van der Waals surface area contributed by atoms with Crippen molar-refractivity contribution in [1.82, 2.24) is 19.4 Å². The van der Waals surface area contributed by atoms with Gasteiger partial charge in [0.05, 0.1) is 6.04 Å². The Morgan fingerprint density at radius 1 is 1.11 bits per heavy atom. The van der Waals surface area contributed by atoms with E-state index in [0.717, 1.165) is 17.3 Å². The zero-order chi connectivity index (χ0) is 26.3. The highest BCUT2D eigenvalue weighted by molar-refractivity contribution is 7.89. The van der Waals surface area contributed by atoms with E-state index < -0.39 is 40.2 Å². The van der Waals surface area contributed by atoms with E-state index in [-0.39, 0.29) is 22.2 Å². The molecule has 2 N–H and O–H groups in total. The van der Waals surface area contributed by atoms with E-state index in [1.54, 1.807) is 4.57 Å². The quantitative estimate of drug-likeness (QED) is 0.459. The summed E-state index contributed by atoms with van der Waals surface area (Å²) in [5, 5.41) is 5.41. The van der Waals surface area contributed by atoms with Gasteiger partial charge in [0.2, 0.25) is 10.0 Å². The molecular weight excluding hydrogens is 493 g/mol. The standard InChI is InChI=1S/C22H26F5N5O2S/c1-21(2,3)11-32-10-15(18(20(23)24)31(4)12-35(28,33)34)14-6-5-13(9-16(14)32)17-19(22(25,26)27)30-8-7-29-17/h5-10,18,20H,11-12H2,1-4H3,(H2,28,33,34).